The number of rotatable bonds is 3. The molecule has 0 atom stereocenters. The van der Waals surface area contributed by atoms with Crippen molar-refractivity contribution in [2.45, 2.75) is 12.1 Å². The second-order valence-corrected chi connectivity index (χ2v) is 2.79. The highest BCUT2D eigenvalue weighted by molar-refractivity contribution is 6.16. The Labute approximate surface area is 83.7 Å². The van der Waals surface area contributed by atoms with Crippen molar-refractivity contribution in [2.75, 3.05) is 6.61 Å². The van der Waals surface area contributed by atoms with E-state index in [-0.39, 0.29) is 11.6 Å². The molecule has 6 heteroatoms. The minimum absolute atomic E-state index is 0.118. The Kier molecular flexibility index (Phi) is 3.57. The Morgan fingerprint density at radius 1 is 1.43 bits per heavy atom. The second-order valence-electron chi connectivity index (χ2n) is 2.52. The smallest absolute Gasteiger partial charge is 0.422 e. The number of pyridine rings is 1. The van der Waals surface area contributed by atoms with Crippen molar-refractivity contribution in [1.82, 2.24) is 4.98 Å². The van der Waals surface area contributed by atoms with E-state index in [2.05, 4.69) is 9.72 Å². The van der Waals surface area contributed by atoms with Crippen molar-refractivity contribution < 1.29 is 17.9 Å². The lowest BCUT2D eigenvalue weighted by Crippen LogP contribution is -2.19. The summed E-state index contributed by atoms with van der Waals surface area (Å²) >= 11 is 5.45. The fraction of sp³-hybridized carbons (Fsp3) is 0.375. The van der Waals surface area contributed by atoms with Gasteiger partial charge in [-0.2, -0.15) is 13.2 Å². The molecule has 0 amide bonds. The Balaban J connectivity index is 2.59. The molecule has 0 aromatic carbocycles. The van der Waals surface area contributed by atoms with Gasteiger partial charge in [0.05, 0.1) is 11.6 Å². The lowest BCUT2D eigenvalue weighted by molar-refractivity contribution is -0.153. The summed E-state index contributed by atoms with van der Waals surface area (Å²) in [5.74, 6) is 0.261. The van der Waals surface area contributed by atoms with Crippen LogP contribution in [0.3, 0.4) is 0 Å². The monoisotopic (exact) mass is 225 g/mol. The molecule has 0 aliphatic rings. The SMILES string of the molecule is FC(F)(F)COc1ccnc(CCl)c1. The zero-order valence-corrected chi connectivity index (χ0v) is 7.77. The van der Waals surface area contributed by atoms with Crippen molar-refractivity contribution >= 4 is 11.6 Å². The van der Waals surface area contributed by atoms with E-state index >= 15 is 0 Å². The van der Waals surface area contributed by atoms with Crippen LogP contribution in [0.1, 0.15) is 5.69 Å². The van der Waals surface area contributed by atoms with Gasteiger partial charge < -0.3 is 4.74 Å². The molecule has 1 rings (SSSR count). The highest BCUT2D eigenvalue weighted by atomic mass is 35.5. The summed E-state index contributed by atoms with van der Waals surface area (Å²) in [6, 6.07) is 2.72. The summed E-state index contributed by atoms with van der Waals surface area (Å²) in [5, 5.41) is 0. The van der Waals surface area contributed by atoms with Gasteiger partial charge >= 0.3 is 6.18 Å². The van der Waals surface area contributed by atoms with Crippen molar-refractivity contribution in [3.05, 3.63) is 24.0 Å². The second kappa shape index (κ2) is 4.50. The minimum atomic E-state index is -4.33. The third-order valence-electron chi connectivity index (χ3n) is 1.33. The lowest BCUT2D eigenvalue weighted by atomic mass is 10.3. The maximum absolute atomic E-state index is 11.8. The zero-order chi connectivity index (χ0) is 10.6. The highest BCUT2D eigenvalue weighted by Crippen LogP contribution is 2.18. The molecule has 78 valence electrons. The molecule has 0 radical (unpaired) electrons. The summed E-state index contributed by atoms with van der Waals surface area (Å²) in [6.07, 6.45) is -2.98. The number of nitrogens with zero attached hydrogens (tertiary/aromatic N) is 1. The van der Waals surface area contributed by atoms with E-state index in [1.807, 2.05) is 0 Å². The van der Waals surface area contributed by atoms with Gasteiger partial charge in [0.15, 0.2) is 6.61 Å². The van der Waals surface area contributed by atoms with Crippen LogP contribution in [0, 0.1) is 0 Å². The van der Waals surface area contributed by atoms with Crippen LogP contribution in [0.25, 0.3) is 0 Å². The van der Waals surface area contributed by atoms with Crippen LogP contribution >= 0.6 is 11.6 Å². The molecule has 1 heterocycles. The first-order valence-electron chi connectivity index (χ1n) is 3.72. The molecule has 0 bridgehead atoms. The number of halogens is 4. The van der Waals surface area contributed by atoms with Crippen molar-refractivity contribution in [3.8, 4) is 5.75 Å². The lowest BCUT2D eigenvalue weighted by Gasteiger charge is -2.09. The largest absolute Gasteiger partial charge is 0.484 e. The molecule has 0 saturated heterocycles. The van der Waals surface area contributed by atoms with Crippen LogP contribution in [0.2, 0.25) is 0 Å². The minimum Gasteiger partial charge on any atom is -0.484 e. The molecular formula is C8H7ClF3NO. The first kappa shape index (κ1) is 11.1. The zero-order valence-electron chi connectivity index (χ0n) is 7.01. The normalized spacial score (nSPS) is 11.4. The van der Waals surface area contributed by atoms with E-state index in [0.717, 1.165) is 0 Å². The Hall–Kier alpha value is -0.970. The molecule has 0 spiro atoms. The number of hydrogen-bond acceptors (Lipinski definition) is 2. The quantitative estimate of drug-likeness (QED) is 0.738. The van der Waals surface area contributed by atoms with Crippen LogP contribution < -0.4 is 4.74 Å². The Morgan fingerprint density at radius 3 is 2.71 bits per heavy atom. The Morgan fingerprint density at radius 2 is 2.14 bits per heavy atom. The van der Waals surface area contributed by atoms with E-state index in [4.69, 9.17) is 11.6 Å². The van der Waals surface area contributed by atoms with Crippen molar-refractivity contribution in [1.29, 1.82) is 0 Å². The number of hydrogen-bond donors (Lipinski definition) is 0. The van der Waals surface area contributed by atoms with Gasteiger partial charge in [-0.15, -0.1) is 11.6 Å². The summed E-state index contributed by atoms with van der Waals surface area (Å²) in [4.78, 5) is 3.81. The Bertz CT molecular complexity index is 303. The van der Waals surface area contributed by atoms with Gasteiger partial charge in [-0.25, -0.2) is 0 Å². The third kappa shape index (κ3) is 3.83. The topological polar surface area (TPSA) is 22.1 Å². The molecule has 1 aromatic rings. The molecule has 0 fully saturated rings. The van der Waals surface area contributed by atoms with E-state index in [1.165, 1.54) is 18.3 Å². The highest BCUT2D eigenvalue weighted by Gasteiger charge is 2.28. The van der Waals surface area contributed by atoms with Crippen LogP contribution in [0.4, 0.5) is 13.2 Å². The average molecular weight is 226 g/mol. The van der Waals surface area contributed by atoms with E-state index < -0.39 is 12.8 Å². The van der Waals surface area contributed by atoms with Crippen LogP contribution in [0.5, 0.6) is 5.75 Å². The first-order chi connectivity index (χ1) is 6.51. The van der Waals surface area contributed by atoms with E-state index in [0.29, 0.717) is 5.69 Å². The standard InChI is InChI=1S/C8H7ClF3NO/c9-4-6-3-7(1-2-13-6)14-5-8(10,11)12/h1-3H,4-5H2. The van der Waals surface area contributed by atoms with Crippen LogP contribution in [-0.4, -0.2) is 17.8 Å². The third-order valence-corrected chi connectivity index (χ3v) is 1.60. The van der Waals surface area contributed by atoms with Gasteiger partial charge in [-0.1, -0.05) is 0 Å². The molecule has 2 nitrogen and oxygen atoms in total. The summed E-state index contributed by atoms with van der Waals surface area (Å²) in [7, 11) is 0. The average Bonchev–Trinajstić information content (AvgIpc) is 2.14. The van der Waals surface area contributed by atoms with Crippen molar-refractivity contribution in [2.24, 2.45) is 0 Å². The first-order valence-corrected chi connectivity index (χ1v) is 4.25. The predicted octanol–water partition coefficient (Wildman–Crippen LogP) is 2.76. The van der Waals surface area contributed by atoms with Crippen LogP contribution in [0.15, 0.2) is 18.3 Å². The molecule has 0 aliphatic carbocycles. The molecule has 0 unspecified atom stereocenters. The molecule has 14 heavy (non-hydrogen) atoms. The summed E-state index contributed by atoms with van der Waals surface area (Å²) in [5.41, 5.74) is 0.478. The number of ether oxygens (including phenoxy) is 1. The van der Waals surface area contributed by atoms with Gasteiger partial charge in [0.2, 0.25) is 0 Å². The van der Waals surface area contributed by atoms with Gasteiger partial charge in [0.25, 0.3) is 0 Å². The summed E-state index contributed by atoms with van der Waals surface area (Å²) in [6.45, 7) is -1.31. The van der Waals surface area contributed by atoms with E-state index in [9.17, 15) is 13.2 Å². The van der Waals surface area contributed by atoms with Gasteiger partial charge in [-0.3, -0.25) is 4.98 Å². The molecule has 0 aliphatic heterocycles. The molecule has 1 aromatic heterocycles. The fourth-order valence-corrected chi connectivity index (χ4v) is 0.930. The van der Waals surface area contributed by atoms with Crippen LogP contribution in [-0.2, 0) is 5.88 Å². The predicted molar refractivity (Wildman–Crippen MR) is 45.3 cm³/mol. The molecule has 0 saturated carbocycles. The number of aromatic nitrogens is 1. The number of alkyl halides is 4. The van der Waals surface area contributed by atoms with E-state index in [1.54, 1.807) is 0 Å². The van der Waals surface area contributed by atoms with Crippen molar-refractivity contribution in [3.63, 3.8) is 0 Å². The van der Waals surface area contributed by atoms with Gasteiger partial charge in [0.1, 0.15) is 5.75 Å². The molecular weight excluding hydrogens is 219 g/mol. The molecule has 0 N–H and O–H groups in total. The maximum Gasteiger partial charge on any atom is 0.422 e. The van der Waals surface area contributed by atoms with Gasteiger partial charge in [-0.05, 0) is 6.07 Å². The summed E-state index contributed by atoms with van der Waals surface area (Å²) < 4.78 is 39.8. The van der Waals surface area contributed by atoms with Gasteiger partial charge in [0, 0.05) is 12.3 Å². The maximum atomic E-state index is 11.8. The fourth-order valence-electron chi connectivity index (χ4n) is 0.784.